The molecule has 9 nitrogen and oxygen atoms in total. The summed E-state index contributed by atoms with van der Waals surface area (Å²) in [5.41, 5.74) is 1.07. The molecule has 1 amide bonds. The van der Waals surface area contributed by atoms with E-state index in [1.165, 1.54) is 27.4 Å². The Bertz CT molecular complexity index is 1050. The van der Waals surface area contributed by atoms with E-state index in [1.54, 1.807) is 24.3 Å². The zero-order valence-electron chi connectivity index (χ0n) is 17.9. The number of amides is 1. The summed E-state index contributed by atoms with van der Waals surface area (Å²) < 4.78 is 20.8. The molecule has 1 heterocycles. The van der Waals surface area contributed by atoms with E-state index < -0.39 is 17.9 Å². The number of ether oxygens (including phenoxy) is 4. The van der Waals surface area contributed by atoms with Gasteiger partial charge in [-0.1, -0.05) is 42.5 Å². The van der Waals surface area contributed by atoms with Gasteiger partial charge in [-0.25, -0.2) is 4.79 Å². The molecule has 32 heavy (non-hydrogen) atoms. The van der Waals surface area contributed by atoms with Gasteiger partial charge in [-0.15, -0.1) is 0 Å². The fourth-order valence-electron chi connectivity index (χ4n) is 2.90. The van der Waals surface area contributed by atoms with Crippen LogP contribution in [0, 0.1) is 0 Å². The summed E-state index contributed by atoms with van der Waals surface area (Å²) in [6.07, 6.45) is 0.276. The molecule has 0 aliphatic heterocycles. The Labute approximate surface area is 185 Å². The first-order valence-corrected chi connectivity index (χ1v) is 9.70. The molecule has 0 spiro atoms. The topological polar surface area (TPSA) is 109 Å². The maximum Gasteiger partial charge on any atom is 0.328 e. The molecule has 0 saturated carbocycles. The number of rotatable bonds is 9. The number of nitrogens with zero attached hydrogens (tertiary/aromatic N) is 2. The van der Waals surface area contributed by atoms with Gasteiger partial charge in [0.25, 0.3) is 5.91 Å². The van der Waals surface area contributed by atoms with Crippen LogP contribution in [0.25, 0.3) is 0 Å². The van der Waals surface area contributed by atoms with Gasteiger partial charge in [0, 0.05) is 6.42 Å². The lowest BCUT2D eigenvalue weighted by Gasteiger charge is -2.18. The van der Waals surface area contributed by atoms with Crippen molar-refractivity contribution in [1.82, 2.24) is 15.3 Å². The molecule has 1 atom stereocenters. The number of carbonyl (C=O) groups excluding carboxylic acids is 2. The summed E-state index contributed by atoms with van der Waals surface area (Å²) in [6, 6.07) is 16.4. The van der Waals surface area contributed by atoms with Gasteiger partial charge in [0.1, 0.15) is 11.8 Å². The molecule has 1 N–H and O–H groups in total. The summed E-state index contributed by atoms with van der Waals surface area (Å²) in [5, 5.41) is 2.72. The summed E-state index contributed by atoms with van der Waals surface area (Å²) in [4.78, 5) is 33.5. The first kappa shape index (κ1) is 22.5. The highest BCUT2D eigenvalue weighted by molar-refractivity contribution is 5.99. The fourth-order valence-corrected chi connectivity index (χ4v) is 2.90. The lowest BCUT2D eigenvalue weighted by molar-refractivity contribution is -0.142. The number of hydrogen-bond donors (Lipinski definition) is 1. The van der Waals surface area contributed by atoms with Crippen molar-refractivity contribution in [2.45, 2.75) is 12.5 Å². The standard InChI is InChI=1S/C23H23N3O6/c1-29-19-14-20(30-2)26-23(25-19)32-18-12-8-7-11-16(18)21(27)24-17(22(28)31-3)13-15-9-5-4-6-10-15/h4-12,14,17H,13H2,1-3H3,(H,24,27)/t17-/m0/s1. The highest BCUT2D eigenvalue weighted by atomic mass is 16.5. The highest BCUT2D eigenvalue weighted by Gasteiger charge is 2.24. The van der Waals surface area contributed by atoms with Crippen molar-refractivity contribution >= 4 is 11.9 Å². The van der Waals surface area contributed by atoms with Crippen molar-refractivity contribution < 1.29 is 28.5 Å². The van der Waals surface area contributed by atoms with Crippen molar-refractivity contribution in [3.63, 3.8) is 0 Å². The average molecular weight is 437 g/mol. The van der Waals surface area contributed by atoms with Crippen LogP contribution in [-0.4, -0.2) is 49.2 Å². The van der Waals surface area contributed by atoms with E-state index in [0.29, 0.717) is 0 Å². The molecule has 0 radical (unpaired) electrons. The zero-order valence-corrected chi connectivity index (χ0v) is 17.9. The van der Waals surface area contributed by atoms with Crippen molar-refractivity contribution in [3.05, 3.63) is 71.8 Å². The third kappa shape index (κ3) is 5.72. The van der Waals surface area contributed by atoms with Crippen molar-refractivity contribution in [3.8, 4) is 23.5 Å². The minimum atomic E-state index is -0.879. The predicted molar refractivity (Wildman–Crippen MR) is 115 cm³/mol. The van der Waals surface area contributed by atoms with Crippen LogP contribution in [-0.2, 0) is 16.0 Å². The van der Waals surface area contributed by atoms with Crippen molar-refractivity contribution in [2.24, 2.45) is 0 Å². The number of aromatic nitrogens is 2. The second-order valence-electron chi connectivity index (χ2n) is 6.57. The lowest BCUT2D eigenvalue weighted by Crippen LogP contribution is -2.43. The SMILES string of the molecule is COC(=O)[C@H](Cc1ccccc1)NC(=O)c1ccccc1Oc1nc(OC)cc(OC)n1. The molecule has 3 aromatic rings. The third-order valence-corrected chi connectivity index (χ3v) is 4.48. The van der Waals surface area contributed by atoms with Crippen LogP contribution in [0.5, 0.6) is 23.5 Å². The smallest absolute Gasteiger partial charge is 0.328 e. The number of carbonyl (C=O) groups is 2. The molecule has 0 bridgehead atoms. The number of methoxy groups -OCH3 is 3. The summed E-state index contributed by atoms with van der Waals surface area (Å²) in [6.45, 7) is 0. The van der Waals surface area contributed by atoms with Crippen molar-refractivity contribution in [1.29, 1.82) is 0 Å². The lowest BCUT2D eigenvalue weighted by atomic mass is 10.1. The minimum Gasteiger partial charge on any atom is -0.481 e. The van der Waals surface area contributed by atoms with Gasteiger partial charge >= 0.3 is 12.0 Å². The quantitative estimate of drug-likeness (QED) is 0.509. The molecule has 0 saturated heterocycles. The second-order valence-corrected chi connectivity index (χ2v) is 6.57. The number of benzene rings is 2. The van der Waals surface area contributed by atoms with E-state index in [0.717, 1.165) is 5.56 Å². The molecule has 9 heteroatoms. The fraction of sp³-hybridized carbons (Fsp3) is 0.217. The molecular weight excluding hydrogens is 414 g/mol. The van der Waals surface area contributed by atoms with Crippen molar-refractivity contribution in [2.75, 3.05) is 21.3 Å². The van der Waals surface area contributed by atoms with E-state index in [-0.39, 0.29) is 35.5 Å². The van der Waals surface area contributed by atoms with Crippen LogP contribution in [0.1, 0.15) is 15.9 Å². The van der Waals surface area contributed by atoms with Gasteiger partial charge in [-0.05, 0) is 17.7 Å². The Morgan fingerprint density at radius 2 is 1.53 bits per heavy atom. The van der Waals surface area contributed by atoms with Gasteiger partial charge < -0.3 is 24.3 Å². The molecule has 0 fully saturated rings. The molecular formula is C23H23N3O6. The molecule has 0 aliphatic rings. The molecule has 0 aliphatic carbocycles. The van der Waals surface area contributed by atoms with Crippen LogP contribution in [0.3, 0.4) is 0 Å². The number of nitrogens with one attached hydrogen (secondary N) is 1. The Morgan fingerprint density at radius 1 is 0.906 bits per heavy atom. The van der Waals surface area contributed by atoms with Crippen LogP contribution < -0.4 is 19.5 Å². The van der Waals surface area contributed by atoms with E-state index in [9.17, 15) is 9.59 Å². The van der Waals surface area contributed by atoms with E-state index in [1.807, 2.05) is 30.3 Å². The van der Waals surface area contributed by atoms with Gasteiger partial charge in [0.15, 0.2) is 0 Å². The number of esters is 1. The highest BCUT2D eigenvalue weighted by Crippen LogP contribution is 2.26. The second kappa shape index (κ2) is 10.8. The molecule has 3 rings (SSSR count). The first-order chi connectivity index (χ1) is 15.5. The first-order valence-electron chi connectivity index (χ1n) is 9.70. The molecule has 0 unspecified atom stereocenters. The predicted octanol–water partition coefficient (Wildman–Crippen LogP) is 2.80. The third-order valence-electron chi connectivity index (χ3n) is 4.48. The Morgan fingerprint density at radius 3 is 2.16 bits per heavy atom. The molecule has 166 valence electrons. The Kier molecular flexibility index (Phi) is 7.58. The Hall–Kier alpha value is -4.14. The van der Waals surface area contributed by atoms with Gasteiger partial charge in [0.05, 0.1) is 33.0 Å². The van der Waals surface area contributed by atoms with Gasteiger partial charge in [0.2, 0.25) is 11.8 Å². The monoisotopic (exact) mass is 437 g/mol. The maximum absolute atomic E-state index is 13.0. The maximum atomic E-state index is 13.0. The normalized spacial score (nSPS) is 11.2. The van der Waals surface area contributed by atoms with E-state index in [2.05, 4.69) is 15.3 Å². The minimum absolute atomic E-state index is 0.0600. The van der Waals surface area contributed by atoms with Crippen LogP contribution in [0.2, 0.25) is 0 Å². The van der Waals surface area contributed by atoms with Crippen LogP contribution >= 0.6 is 0 Å². The van der Waals surface area contributed by atoms with E-state index >= 15 is 0 Å². The van der Waals surface area contributed by atoms with Gasteiger partial charge in [-0.3, -0.25) is 4.79 Å². The van der Waals surface area contributed by atoms with Crippen LogP contribution in [0.4, 0.5) is 0 Å². The molecule has 1 aromatic heterocycles. The average Bonchev–Trinajstić information content (AvgIpc) is 2.83. The molecule has 2 aromatic carbocycles. The number of hydrogen-bond acceptors (Lipinski definition) is 8. The largest absolute Gasteiger partial charge is 0.481 e. The van der Waals surface area contributed by atoms with Crippen LogP contribution in [0.15, 0.2) is 60.7 Å². The summed E-state index contributed by atoms with van der Waals surface area (Å²) in [5.74, 6) is -0.392. The zero-order chi connectivity index (χ0) is 22.9. The number of para-hydroxylation sites is 1. The summed E-state index contributed by atoms with van der Waals surface area (Å²) in [7, 11) is 4.18. The summed E-state index contributed by atoms with van der Waals surface area (Å²) >= 11 is 0. The Balaban J connectivity index is 1.83. The van der Waals surface area contributed by atoms with E-state index in [4.69, 9.17) is 18.9 Å². The van der Waals surface area contributed by atoms with Gasteiger partial charge in [-0.2, -0.15) is 9.97 Å².